The van der Waals surface area contributed by atoms with Gasteiger partial charge in [0.2, 0.25) is 0 Å². The van der Waals surface area contributed by atoms with Crippen LogP contribution in [-0.4, -0.2) is 47.0 Å². The van der Waals surface area contributed by atoms with Gasteiger partial charge in [-0.1, -0.05) is 0 Å². The fourth-order valence-electron chi connectivity index (χ4n) is 3.65. The summed E-state index contributed by atoms with van der Waals surface area (Å²) in [5.74, 6) is 0.439. The number of hydrogen-bond donors (Lipinski definition) is 3. The Balaban J connectivity index is 1.36. The molecule has 8 heteroatoms. The van der Waals surface area contributed by atoms with E-state index in [0.717, 1.165) is 36.2 Å². The van der Waals surface area contributed by atoms with Gasteiger partial charge in [-0.25, -0.2) is 0 Å². The monoisotopic (exact) mass is 341 g/mol. The summed E-state index contributed by atoms with van der Waals surface area (Å²) < 4.78 is 3.71. The molecule has 3 aromatic heterocycles. The van der Waals surface area contributed by atoms with Crippen LogP contribution < -0.4 is 5.32 Å². The van der Waals surface area contributed by atoms with Crippen LogP contribution in [0.25, 0.3) is 11.3 Å². The largest absolute Gasteiger partial charge is 0.391 e. The van der Waals surface area contributed by atoms with E-state index in [9.17, 15) is 5.11 Å². The SMILES string of the molecule is Cn1cc(-c2[nH]ncc2CN[C@@H]2CC(Cn3cccn3)C[C@H]2O)cn1. The van der Waals surface area contributed by atoms with Crippen molar-refractivity contribution in [1.29, 1.82) is 0 Å². The number of nitrogens with zero attached hydrogens (tertiary/aromatic N) is 5. The lowest BCUT2D eigenvalue weighted by atomic mass is 10.1. The van der Waals surface area contributed by atoms with E-state index in [1.165, 1.54) is 0 Å². The number of hydrogen-bond acceptors (Lipinski definition) is 5. The smallest absolute Gasteiger partial charge is 0.0726 e. The molecule has 0 radical (unpaired) electrons. The Morgan fingerprint density at radius 3 is 3.00 bits per heavy atom. The van der Waals surface area contributed by atoms with Crippen LogP contribution in [0.1, 0.15) is 18.4 Å². The Labute approximate surface area is 145 Å². The zero-order valence-corrected chi connectivity index (χ0v) is 14.2. The third kappa shape index (κ3) is 3.49. The van der Waals surface area contributed by atoms with Crippen LogP contribution in [0.2, 0.25) is 0 Å². The van der Waals surface area contributed by atoms with Crippen LogP contribution in [0.3, 0.4) is 0 Å². The van der Waals surface area contributed by atoms with Crippen molar-refractivity contribution in [3.8, 4) is 11.3 Å². The highest BCUT2D eigenvalue weighted by Gasteiger charge is 2.33. The molecule has 4 rings (SSSR count). The highest BCUT2D eigenvalue weighted by Crippen LogP contribution is 2.28. The molecule has 3 heterocycles. The summed E-state index contributed by atoms with van der Waals surface area (Å²) in [6.07, 6.45) is 10.8. The van der Waals surface area contributed by atoms with E-state index >= 15 is 0 Å². The zero-order chi connectivity index (χ0) is 17.2. The minimum absolute atomic E-state index is 0.0946. The maximum atomic E-state index is 10.4. The first-order valence-electron chi connectivity index (χ1n) is 8.59. The van der Waals surface area contributed by atoms with Crippen LogP contribution >= 0.6 is 0 Å². The molecule has 0 aliphatic heterocycles. The van der Waals surface area contributed by atoms with Gasteiger partial charge in [-0.15, -0.1) is 0 Å². The second-order valence-electron chi connectivity index (χ2n) is 6.79. The van der Waals surface area contributed by atoms with Crippen LogP contribution in [0.15, 0.2) is 37.1 Å². The van der Waals surface area contributed by atoms with Crippen molar-refractivity contribution in [2.24, 2.45) is 13.0 Å². The fourth-order valence-corrected chi connectivity index (χ4v) is 3.65. The Bertz CT molecular complexity index is 807. The van der Waals surface area contributed by atoms with Crippen molar-refractivity contribution >= 4 is 0 Å². The van der Waals surface area contributed by atoms with E-state index in [1.807, 2.05) is 42.6 Å². The molecular weight excluding hydrogens is 318 g/mol. The summed E-state index contributed by atoms with van der Waals surface area (Å²) in [5, 5.41) is 29.5. The van der Waals surface area contributed by atoms with E-state index in [1.54, 1.807) is 10.9 Å². The van der Waals surface area contributed by atoms with E-state index < -0.39 is 0 Å². The number of aromatic nitrogens is 6. The summed E-state index contributed by atoms with van der Waals surface area (Å²) in [7, 11) is 1.90. The molecule has 1 fully saturated rings. The highest BCUT2D eigenvalue weighted by atomic mass is 16.3. The summed E-state index contributed by atoms with van der Waals surface area (Å²) in [5.41, 5.74) is 3.07. The third-order valence-corrected chi connectivity index (χ3v) is 4.90. The summed E-state index contributed by atoms with van der Waals surface area (Å²) >= 11 is 0. The average molecular weight is 341 g/mol. The lowest BCUT2D eigenvalue weighted by molar-refractivity contribution is 0.145. The van der Waals surface area contributed by atoms with E-state index in [0.29, 0.717) is 12.5 Å². The zero-order valence-electron chi connectivity index (χ0n) is 14.2. The molecular formula is C17H23N7O. The molecule has 0 amide bonds. The van der Waals surface area contributed by atoms with E-state index in [4.69, 9.17) is 0 Å². The molecule has 1 aliphatic rings. The molecule has 3 aromatic rings. The number of aliphatic hydroxyl groups is 1. The van der Waals surface area contributed by atoms with Gasteiger partial charge in [0.25, 0.3) is 0 Å². The minimum Gasteiger partial charge on any atom is -0.391 e. The molecule has 0 spiro atoms. The lowest BCUT2D eigenvalue weighted by Gasteiger charge is -2.16. The average Bonchev–Trinajstić information content (AvgIpc) is 3.34. The van der Waals surface area contributed by atoms with Crippen molar-refractivity contribution in [2.75, 3.05) is 0 Å². The standard InChI is InChI=1S/C17H23N7O/c1-23-11-14(9-21-23)17-13(8-19-22-17)7-18-15-5-12(6-16(15)25)10-24-4-2-3-20-24/h2-4,8-9,11-12,15-16,18,25H,5-7,10H2,1H3,(H,19,22)/t12?,15-,16-/m1/s1. The second kappa shape index (κ2) is 6.81. The molecule has 132 valence electrons. The Morgan fingerprint density at radius 2 is 2.24 bits per heavy atom. The molecule has 1 unspecified atom stereocenters. The first kappa shape index (κ1) is 16.0. The topological polar surface area (TPSA) is 96.6 Å². The Hall–Kier alpha value is -2.45. The van der Waals surface area contributed by atoms with Gasteiger partial charge in [0.15, 0.2) is 0 Å². The van der Waals surface area contributed by atoms with Crippen LogP contribution in [-0.2, 0) is 20.1 Å². The van der Waals surface area contributed by atoms with Gasteiger partial charge in [-0.05, 0) is 24.8 Å². The van der Waals surface area contributed by atoms with Gasteiger partial charge in [-0.3, -0.25) is 14.5 Å². The van der Waals surface area contributed by atoms with Gasteiger partial charge in [0.1, 0.15) is 0 Å². The predicted octanol–water partition coefficient (Wildman–Crippen LogP) is 0.936. The van der Waals surface area contributed by atoms with Gasteiger partial charge in [0, 0.05) is 55.9 Å². The molecule has 0 saturated heterocycles. The van der Waals surface area contributed by atoms with Gasteiger partial charge in [0.05, 0.1) is 24.2 Å². The second-order valence-corrected chi connectivity index (χ2v) is 6.79. The Kier molecular flexibility index (Phi) is 4.37. The van der Waals surface area contributed by atoms with Crippen LogP contribution in [0.4, 0.5) is 0 Å². The van der Waals surface area contributed by atoms with Gasteiger partial charge >= 0.3 is 0 Å². The van der Waals surface area contributed by atoms with Gasteiger partial charge < -0.3 is 10.4 Å². The van der Waals surface area contributed by atoms with E-state index in [2.05, 4.69) is 25.7 Å². The molecule has 3 atom stereocenters. The first-order chi connectivity index (χ1) is 12.2. The first-order valence-corrected chi connectivity index (χ1v) is 8.59. The van der Waals surface area contributed by atoms with Crippen LogP contribution in [0, 0.1) is 5.92 Å². The molecule has 3 N–H and O–H groups in total. The Morgan fingerprint density at radius 1 is 1.32 bits per heavy atom. The molecule has 1 aliphatic carbocycles. The fraction of sp³-hybridized carbons (Fsp3) is 0.471. The predicted molar refractivity (Wildman–Crippen MR) is 92.4 cm³/mol. The van der Waals surface area contributed by atoms with Crippen molar-refractivity contribution < 1.29 is 5.11 Å². The summed E-state index contributed by atoms with van der Waals surface area (Å²) in [6.45, 7) is 1.52. The van der Waals surface area contributed by atoms with Crippen LogP contribution in [0.5, 0.6) is 0 Å². The van der Waals surface area contributed by atoms with E-state index in [-0.39, 0.29) is 12.1 Å². The third-order valence-electron chi connectivity index (χ3n) is 4.90. The quantitative estimate of drug-likeness (QED) is 0.620. The molecule has 0 aromatic carbocycles. The maximum absolute atomic E-state index is 10.4. The van der Waals surface area contributed by atoms with Crippen molar-refractivity contribution in [1.82, 2.24) is 35.1 Å². The number of rotatable bonds is 6. The molecule has 0 bridgehead atoms. The minimum atomic E-state index is -0.325. The number of H-pyrrole nitrogens is 1. The number of nitrogens with one attached hydrogen (secondary N) is 2. The number of aromatic amines is 1. The lowest BCUT2D eigenvalue weighted by Crippen LogP contribution is -2.35. The summed E-state index contributed by atoms with van der Waals surface area (Å²) in [4.78, 5) is 0. The van der Waals surface area contributed by atoms with Gasteiger partial charge in [-0.2, -0.15) is 15.3 Å². The normalized spacial score (nSPS) is 23.4. The molecule has 1 saturated carbocycles. The highest BCUT2D eigenvalue weighted by molar-refractivity contribution is 5.60. The van der Waals surface area contributed by atoms with Crippen molar-refractivity contribution in [2.45, 2.75) is 38.1 Å². The number of aryl methyl sites for hydroxylation is 1. The van der Waals surface area contributed by atoms with Crippen molar-refractivity contribution in [3.63, 3.8) is 0 Å². The molecule has 8 nitrogen and oxygen atoms in total. The molecule has 25 heavy (non-hydrogen) atoms. The number of aliphatic hydroxyl groups excluding tert-OH is 1. The summed E-state index contributed by atoms with van der Waals surface area (Å²) in [6, 6.07) is 2.03. The maximum Gasteiger partial charge on any atom is 0.0726 e. The van der Waals surface area contributed by atoms with Crippen molar-refractivity contribution in [3.05, 3.63) is 42.6 Å².